The molecule has 1 rings (SSSR count). The fourth-order valence-corrected chi connectivity index (χ4v) is 2.54. The number of carbonyl (C=O) groups is 1. The largest absolute Gasteiger partial charge is 0.462 e. The maximum absolute atomic E-state index is 13.7. The summed E-state index contributed by atoms with van der Waals surface area (Å²) in [5.41, 5.74) is -0.622. The number of hydrogen-bond donors (Lipinski definition) is 0. The topological polar surface area (TPSA) is 26.3 Å². The van der Waals surface area contributed by atoms with E-state index in [1.54, 1.807) is 0 Å². The van der Waals surface area contributed by atoms with Crippen molar-refractivity contribution in [3.05, 3.63) is 34.9 Å². The molecule has 20 heteroatoms. The van der Waals surface area contributed by atoms with Gasteiger partial charge in [0.05, 0.1) is 23.6 Å². The van der Waals surface area contributed by atoms with Crippen LogP contribution in [0.25, 0.3) is 0 Å². The van der Waals surface area contributed by atoms with E-state index < -0.39 is 77.2 Å². The third kappa shape index (κ3) is 4.98. The molecule has 214 valence electrons. The zero-order valence-electron chi connectivity index (χ0n) is 16.8. The Kier molecular flexibility index (Phi) is 8.44. The van der Waals surface area contributed by atoms with E-state index in [0.29, 0.717) is 0 Å². The van der Waals surface area contributed by atoms with Gasteiger partial charge in [-0.2, -0.15) is 74.6 Å². The van der Waals surface area contributed by atoms with Gasteiger partial charge in [0.2, 0.25) is 0 Å². The molecule has 0 saturated carbocycles. The van der Waals surface area contributed by atoms with Crippen LogP contribution in [0.15, 0.2) is 24.3 Å². The lowest BCUT2D eigenvalue weighted by molar-refractivity contribution is -0.461. The third-order valence-corrected chi connectivity index (χ3v) is 4.86. The maximum Gasteiger partial charge on any atom is 0.460 e. The number of rotatable bonds is 10. The molecular formula is C17H8ClF17O2. The number of alkyl halides is 17. The molecule has 0 aliphatic carbocycles. The van der Waals surface area contributed by atoms with E-state index >= 15 is 0 Å². The molecule has 0 aromatic heterocycles. The van der Waals surface area contributed by atoms with Crippen LogP contribution in [-0.2, 0) is 4.74 Å². The van der Waals surface area contributed by atoms with Crippen LogP contribution in [0.5, 0.6) is 0 Å². The van der Waals surface area contributed by atoms with Crippen molar-refractivity contribution in [2.45, 2.75) is 54.1 Å². The lowest BCUT2D eigenvalue weighted by atomic mass is 9.88. The quantitative estimate of drug-likeness (QED) is 0.201. The molecule has 0 aliphatic rings. The van der Waals surface area contributed by atoms with Gasteiger partial charge in [-0.05, 0) is 12.1 Å². The van der Waals surface area contributed by atoms with Crippen LogP contribution in [0.4, 0.5) is 74.6 Å². The second kappa shape index (κ2) is 9.52. The number of hydrogen-bond acceptors (Lipinski definition) is 2. The lowest BCUT2D eigenvalue weighted by Crippen LogP contribution is -2.74. The first kappa shape index (κ1) is 32.8. The summed E-state index contributed by atoms with van der Waals surface area (Å²) in [4.78, 5) is 11.6. The number of ether oxygens (including phenoxy) is 1. The Hall–Kier alpha value is -2.21. The van der Waals surface area contributed by atoms with Crippen LogP contribution in [0.3, 0.4) is 0 Å². The predicted octanol–water partition coefficient (Wildman–Crippen LogP) is 7.90. The Morgan fingerprint density at radius 3 is 1.41 bits per heavy atom. The Balaban J connectivity index is 3.31. The molecule has 0 bridgehead atoms. The van der Waals surface area contributed by atoms with Gasteiger partial charge in [0.15, 0.2) is 0 Å². The van der Waals surface area contributed by atoms with Crippen molar-refractivity contribution >= 4 is 17.6 Å². The molecule has 2 nitrogen and oxygen atoms in total. The minimum atomic E-state index is -8.70. The average molecular weight is 603 g/mol. The van der Waals surface area contributed by atoms with Crippen LogP contribution in [0.1, 0.15) is 16.8 Å². The summed E-state index contributed by atoms with van der Waals surface area (Å²) in [7, 11) is 0. The van der Waals surface area contributed by atoms with Gasteiger partial charge in [-0.1, -0.05) is 23.7 Å². The molecule has 0 N–H and O–H groups in total. The highest BCUT2D eigenvalue weighted by molar-refractivity contribution is 6.33. The average Bonchev–Trinajstić information content (AvgIpc) is 2.72. The van der Waals surface area contributed by atoms with Crippen LogP contribution >= 0.6 is 11.6 Å². The highest BCUT2D eigenvalue weighted by Crippen LogP contribution is 2.64. The van der Waals surface area contributed by atoms with Crippen molar-refractivity contribution in [1.82, 2.24) is 0 Å². The Morgan fingerprint density at radius 1 is 0.622 bits per heavy atom. The summed E-state index contributed by atoms with van der Waals surface area (Å²) in [5.74, 6) is -58.7. The van der Waals surface area contributed by atoms with Gasteiger partial charge in [-0.3, -0.25) is 0 Å². The molecule has 37 heavy (non-hydrogen) atoms. The van der Waals surface area contributed by atoms with E-state index in [1.807, 2.05) is 0 Å². The monoisotopic (exact) mass is 602 g/mol. The van der Waals surface area contributed by atoms with E-state index in [0.717, 1.165) is 18.2 Å². The van der Waals surface area contributed by atoms with E-state index in [2.05, 4.69) is 4.74 Å². The fourth-order valence-electron chi connectivity index (χ4n) is 2.33. The Bertz CT molecular complexity index is 986. The van der Waals surface area contributed by atoms with Gasteiger partial charge in [0.25, 0.3) is 0 Å². The number of esters is 1. The highest BCUT2D eigenvalue weighted by Gasteiger charge is 2.95. The first-order valence-corrected chi connectivity index (χ1v) is 9.16. The Morgan fingerprint density at radius 2 is 1.00 bits per heavy atom. The SMILES string of the molecule is O=C(OCCC(F)(F)C(F)(F)C(F)(F)C(F)(F)C(F)(F)C(F)(F)C(F)(F)C(F)(F)F)c1ccccc1Cl. The molecule has 0 unspecified atom stereocenters. The molecule has 1 aromatic rings. The van der Waals surface area contributed by atoms with Crippen molar-refractivity contribution in [1.29, 1.82) is 0 Å². The highest BCUT2D eigenvalue weighted by atomic mass is 35.5. The van der Waals surface area contributed by atoms with Crippen LogP contribution < -0.4 is 0 Å². The molecule has 0 fully saturated rings. The maximum atomic E-state index is 13.7. The normalized spacial score (nSPS) is 15.1. The molecule has 0 amide bonds. The van der Waals surface area contributed by atoms with E-state index in [-0.39, 0.29) is 0 Å². The van der Waals surface area contributed by atoms with Crippen molar-refractivity contribution in [3.63, 3.8) is 0 Å². The zero-order valence-corrected chi connectivity index (χ0v) is 17.6. The van der Waals surface area contributed by atoms with Crippen LogP contribution in [0, 0.1) is 0 Å². The van der Waals surface area contributed by atoms with Gasteiger partial charge in [0, 0.05) is 0 Å². The van der Waals surface area contributed by atoms with Crippen LogP contribution in [0.2, 0.25) is 5.02 Å². The second-order valence-electron chi connectivity index (χ2n) is 7.01. The van der Waals surface area contributed by atoms with Gasteiger partial charge in [-0.15, -0.1) is 0 Å². The summed E-state index contributed by atoms with van der Waals surface area (Å²) < 4.78 is 228. The lowest BCUT2D eigenvalue weighted by Gasteiger charge is -2.42. The van der Waals surface area contributed by atoms with Crippen molar-refractivity contribution < 1.29 is 84.2 Å². The van der Waals surface area contributed by atoms with Crippen molar-refractivity contribution in [2.24, 2.45) is 0 Å². The molecule has 0 saturated heterocycles. The number of halogens is 18. The third-order valence-electron chi connectivity index (χ3n) is 4.53. The van der Waals surface area contributed by atoms with Crippen molar-refractivity contribution in [2.75, 3.05) is 6.61 Å². The summed E-state index contributed by atoms with van der Waals surface area (Å²) in [6.45, 7) is -2.05. The fraction of sp³-hybridized carbons (Fsp3) is 0.588. The van der Waals surface area contributed by atoms with E-state index in [1.165, 1.54) is 6.07 Å². The molecule has 0 heterocycles. The van der Waals surface area contributed by atoms with Gasteiger partial charge in [0.1, 0.15) is 0 Å². The smallest absolute Gasteiger partial charge is 0.460 e. The molecular weight excluding hydrogens is 595 g/mol. The Labute approximate surface area is 198 Å². The summed E-state index contributed by atoms with van der Waals surface area (Å²) >= 11 is 5.50. The number of carbonyl (C=O) groups excluding carboxylic acids is 1. The molecule has 0 aliphatic heterocycles. The standard InChI is InChI=1S/C17H8ClF17O2/c18-8-4-2-1-3-7(8)9(36)37-6-5-10(19,20)11(21,22)12(23,24)13(25,26)14(27,28)15(29,30)16(31,32)17(33,34)35/h1-4H,5-6H2. The summed E-state index contributed by atoms with van der Waals surface area (Å²) in [6, 6.07) is 4.21. The minimum Gasteiger partial charge on any atom is -0.462 e. The van der Waals surface area contributed by atoms with Gasteiger partial charge < -0.3 is 4.74 Å². The summed E-state index contributed by atoms with van der Waals surface area (Å²) in [5, 5.41) is -0.422. The number of benzene rings is 1. The summed E-state index contributed by atoms with van der Waals surface area (Å²) in [6.07, 6.45) is -10.7. The first-order chi connectivity index (χ1) is 16.1. The van der Waals surface area contributed by atoms with Crippen LogP contribution in [-0.4, -0.2) is 60.2 Å². The minimum absolute atomic E-state index is 0.422. The molecule has 0 atom stereocenters. The molecule has 0 spiro atoms. The van der Waals surface area contributed by atoms with Gasteiger partial charge in [-0.25, -0.2) is 4.79 Å². The predicted molar refractivity (Wildman–Crippen MR) is 87.0 cm³/mol. The molecule has 0 radical (unpaired) electrons. The first-order valence-electron chi connectivity index (χ1n) is 8.78. The molecule has 1 aromatic carbocycles. The van der Waals surface area contributed by atoms with Gasteiger partial charge >= 0.3 is 53.6 Å². The zero-order chi connectivity index (χ0) is 29.7. The van der Waals surface area contributed by atoms with E-state index in [4.69, 9.17) is 11.6 Å². The second-order valence-corrected chi connectivity index (χ2v) is 7.42. The van der Waals surface area contributed by atoms with E-state index in [9.17, 15) is 79.4 Å². The van der Waals surface area contributed by atoms with Crippen molar-refractivity contribution in [3.8, 4) is 0 Å².